The summed E-state index contributed by atoms with van der Waals surface area (Å²) in [6.45, 7) is 0. The van der Waals surface area contributed by atoms with Crippen LogP contribution in [0.1, 0.15) is 24.3 Å². The van der Waals surface area contributed by atoms with E-state index in [-0.39, 0.29) is 24.7 Å². The highest BCUT2D eigenvalue weighted by atomic mass is 16.3. The zero-order valence-electron chi connectivity index (χ0n) is 16.2. The number of nitrogens with zero attached hydrogens (tertiary/aromatic N) is 3. The molecule has 0 saturated carbocycles. The number of para-hydroxylation sites is 1. The van der Waals surface area contributed by atoms with Crippen LogP contribution < -0.4 is 5.32 Å². The number of hydrogen-bond acceptors (Lipinski definition) is 4. The number of amides is 1. The molecule has 2 aromatic carbocycles. The average molecular weight is 396 g/mol. The highest BCUT2D eigenvalue weighted by Crippen LogP contribution is 2.27. The van der Waals surface area contributed by atoms with Crippen molar-refractivity contribution in [3.8, 4) is 23.0 Å². The Kier molecular flexibility index (Phi) is 5.72. The van der Waals surface area contributed by atoms with Crippen LogP contribution in [-0.4, -0.2) is 15.7 Å². The molecule has 1 atom stereocenters. The lowest BCUT2D eigenvalue weighted by atomic mass is 9.93. The standard InChI is InChI=1S/C24H20N4O2/c25-13-11-19(18-7-3-1-4-8-18)15-24(29)26-23-16-22(20-12-14-30-17-20)27-28(23)21-9-5-2-6-10-21/h1-10,12,14,16-17,19H,11,15H2,(H,26,29). The van der Waals surface area contributed by atoms with Crippen molar-refractivity contribution in [1.82, 2.24) is 9.78 Å². The van der Waals surface area contributed by atoms with Crippen molar-refractivity contribution in [3.05, 3.63) is 90.9 Å². The predicted molar refractivity (Wildman–Crippen MR) is 114 cm³/mol. The fourth-order valence-corrected chi connectivity index (χ4v) is 3.35. The summed E-state index contributed by atoms with van der Waals surface area (Å²) in [5.74, 6) is 0.221. The lowest BCUT2D eigenvalue weighted by Gasteiger charge is -2.14. The molecule has 1 unspecified atom stereocenters. The van der Waals surface area contributed by atoms with Crippen molar-refractivity contribution in [2.45, 2.75) is 18.8 Å². The minimum atomic E-state index is -0.171. The number of rotatable bonds is 7. The van der Waals surface area contributed by atoms with Gasteiger partial charge in [0.05, 0.1) is 30.0 Å². The quantitative estimate of drug-likeness (QED) is 0.468. The smallest absolute Gasteiger partial charge is 0.226 e. The second-order valence-corrected chi connectivity index (χ2v) is 6.90. The Hall–Kier alpha value is -4.11. The monoisotopic (exact) mass is 396 g/mol. The Morgan fingerprint density at radius 2 is 1.83 bits per heavy atom. The van der Waals surface area contributed by atoms with Crippen LogP contribution in [0.5, 0.6) is 0 Å². The summed E-state index contributed by atoms with van der Waals surface area (Å²) in [4.78, 5) is 12.9. The second-order valence-electron chi connectivity index (χ2n) is 6.90. The number of nitrogens with one attached hydrogen (secondary N) is 1. The molecule has 6 heteroatoms. The van der Waals surface area contributed by atoms with E-state index in [1.165, 1.54) is 0 Å². The summed E-state index contributed by atoms with van der Waals surface area (Å²) in [6.07, 6.45) is 3.68. The lowest BCUT2D eigenvalue weighted by molar-refractivity contribution is -0.116. The molecule has 0 bridgehead atoms. The number of hydrogen-bond donors (Lipinski definition) is 1. The van der Waals surface area contributed by atoms with Gasteiger partial charge in [-0.2, -0.15) is 10.4 Å². The maximum absolute atomic E-state index is 12.9. The lowest BCUT2D eigenvalue weighted by Crippen LogP contribution is -2.18. The fourth-order valence-electron chi connectivity index (χ4n) is 3.35. The van der Waals surface area contributed by atoms with Crippen LogP contribution in [-0.2, 0) is 4.79 Å². The van der Waals surface area contributed by atoms with E-state index in [0.717, 1.165) is 16.8 Å². The molecule has 4 aromatic rings. The van der Waals surface area contributed by atoms with Crippen molar-refractivity contribution in [2.75, 3.05) is 5.32 Å². The highest BCUT2D eigenvalue weighted by Gasteiger charge is 2.19. The number of benzene rings is 2. The molecule has 6 nitrogen and oxygen atoms in total. The second kappa shape index (κ2) is 8.93. The summed E-state index contributed by atoms with van der Waals surface area (Å²) >= 11 is 0. The molecule has 0 fully saturated rings. The molecular formula is C24H20N4O2. The number of anilines is 1. The minimum absolute atomic E-state index is 0.169. The van der Waals surface area contributed by atoms with E-state index in [9.17, 15) is 10.1 Å². The van der Waals surface area contributed by atoms with Crippen LogP contribution in [0.4, 0.5) is 5.82 Å². The van der Waals surface area contributed by atoms with Gasteiger partial charge in [-0.05, 0) is 23.8 Å². The Morgan fingerprint density at radius 3 is 2.50 bits per heavy atom. The van der Waals surface area contributed by atoms with Crippen LogP contribution in [0, 0.1) is 11.3 Å². The first-order valence-electron chi connectivity index (χ1n) is 9.64. The molecule has 0 aliphatic heterocycles. The number of carbonyl (C=O) groups is 1. The SMILES string of the molecule is N#CCC(CC(=O)Nc1cc(-c2ccoc2)nn1-c1ccccc1)c1ccccc1. The summed E-state index contributed by atoms with van der Waals surface area (Å²) in [7, 11) is 0. The Labute approximate surface area is 174 Å². The molecule has 30 heavy (non-hydrogen) atoms. The number of aromatic nitrogens is 2. The molecule has 4 rings (SSSR count). The molecule has 0 aliphatic rings. The van der Waals surface area contributed by atoms with E-state index < -0.39 is 0 Å². The normalized spacial score (nSPS) is 11.6. The Bertz CT molecular complexity index is 1140. The van der Waals surface area contributed by atoms with Gasteiger partial charge in [-0.1, -0.05) is 48.5 Å². The van der Waals surface area contributed by atoms with Gasteiger partial charge in [-0.25, -0.2) is 4.68 Å². The summed E-state index contributed by atoms with van der Waals surface area (Å²) < 4.78 is 6.86. The van der Waals surface area contributed by atoms with Crippen LogP contribution in [0.3, 0.4) is 0 Å². The van der Waals surface area contributed by atoms with Gasteiger partial charge in [0, 0.05) is 30.4 Å². The molecular weight excluding hydrogens is 376 g/mol. The van der Waals surface area contributed by atoms with Gasteiger partial charge in [0.2, 0.25) is 5.91 Å². The third-order valence-corrected chi connectivity index (χ3v) is 4.84. The van der Waals surface area contributed by atoms with Gasteiger partial charge >= 0.3 is 0 Å². The minimum Gasteiger partial charge on any atom is -0.472 e. The average Bonchev–Trinajstić information content (AvgIpc) is 3.45. The van der Waals surface area contributed by atoms with Crippen LogP contribution >= 0.6 is 0 Å². The van der Waals surface area contributed by atoms with E-state index >= 15 is 0 Å². The predicted octanol–water partition coefficient (Wildman–Crippen LogP) is 5.16. The van der Waals surface area contributed by atoms with E-state index in [4.69, 9.17) is 4.42 Å². The molecule has 2 heterocycles. The van der Waals surface area contributed by atoms with Gasteiger partial charge in [-0.15, -0.1) is 0 Å². The van der Waals surface area contributed by atoms with Crippen molar-refractivity contribution >= 4 is 11.7 Å². The Balaban J connectivity index is 1.60. The zero-order valence-corrected chi connectivity index (χ0v) is 16.2. The first-order valence-corrected chi connectivity index (χ1v) is 9.64. The first-order chi connectivity index (χ1) is 14.7. The summed E-state index contributed by atoms with van der Waals surface area (Å²) in [6, 6.07) is 25.1. The molecule has 1 N–H and O–H groups in total. The van der Waals surface area contributed by atoms with E-state index in [2.05, 4.69) is 16.5 Å². The van der Waals surface area contributed by atoms with Gasteiger partial charge in [0.25, 0.3) is 0 Å². The molecule has 0 aliphatic carbocycles. The van der Waals surface area contributed by atoms with Crippen molar-refractivity contribution in [2.24, 2.45) is 0 Å². The maximum atomic E-state index is 12.9. The van der Waals surface area contributed by atoms with E-state index in [1.807, 2.05) is 72.8 Å². The zero-order chi connectivity index (χ0) is 20.8. The van der Waals surface area contributed by atoms with Gasteiger partial charge < -0.3 is 9.73 Å². The molecule has 2 aromatic heterocycles. The van der Waals surface area contributed by atoms with Crippen LogP contribution in [0.2, 0.25) is 0 Å². The Morgan fingerprint density at radius 1 is 1.10 bits per heavy atom. The number of nitriles is 1. The molecule has 1 amide bonds. The molecule has 0 saturated heterocycles. The fraction of sp³-hybridized carbons (Fsp3) is 0.125. The highest BCUT2D eigenvalue weighted by molar-refractivity contribution is 5.91. The van der Waals surface area contributed by atoms with Crippen molar-refractivity contribution < 1.29 is 9.21 Å². The molecule has 0 radical (unpaired) electrons. The topological polar surface area (TPSA) is 83.8 Å². The van der Waals surface area contributed by atoms with Crippen molar-refractivity contribution in [3.63, 3.8) is 0 Å². The maximum Gasteiger partial charge on any atom is 0.226 e. The summed E-state index contributed by atoms with van der Waals surface area (Å²) in [5, 5.41) is 16.8. The van der Waals surface area contributed by atoms with Gasteiger partial charge in [-0.3, -0.25) is 4.79 Å². The van der Waals surface area contributed by atoms with Gasteiger partial charge in [0.15, 0.2) is 0 Å². The first kappa shape index (κ1) is 19.2. The van der Waals surface area contributed by atoms with Crippen LogP contribution in [0.15, 0.2) is 89.7 Å². The molecule has 0 spiro atoms. The van der Waals surface area contributed by atoms with E-state index in [0.29, 0.717) is 11.5 Å². The van der Waals surface area contributed by atoms with Crippen molar-refractivity contribution in [1.29, 1.82) is 5.26 Å². The molecule has 148 valence electrons. The number of furan rings is 1. The third kappa shape index (κ3) is 4.31. The van der Waals surface area contributed by atoms with Gasteiger partial charge in [0.1, 0.15) is 5.82 Å². The largest absolute Gasteiger partial charge is 0.472 e. The summed E-state index contributed by atoms with van der Waals surface area (Å²) in [5.41, 5.74) is 3.33. The number of carbonyl (C=O) groups excluding carboxylic acids is 1. The van der Waals surface area contributed by atoms with E-state index in [1.54, 1.807) is 17.2 Å². The van der Waals surface area contributed by atoms with Crippen LogP contribution in [0.25, 0.3) is 16.9 Å². The third-order valence-electron chi connectivity index (χ3n) is 4.84.